The molecule has 1 aliphatic carbocycles. The Morgan fingerprint density at radius 2 is 1.92 bits per heavy atom. The van der Waals surface area contributed by atoms with Crippen molar-refractivity contribution in [2.75, 3.05) is 5.32 Å². The number of anilines is 1. The van der Waals surface area contributed by atoms with Crippen LogP contribution < -0.4 is 5.32 Å². The second-order valence-electron chi connectivity index (χ2n) is 7.09. The number of hydrogen-bond donors (Lipinski definition) is 1. The van der Waals surface area contributed by atoms with Crippen LogP contribution in [0.1, 0.15) is 43.4 Å². The Bertz CT molecular complexity index is 1040. The van der Waals surface area contributed by atoms with Crippen molar-refractivity contribution in [3.63, 3.8) is 0 Å². The summed E-state index contributed by atoms with van der Waals surface area (Å²) in [7, 11) is 0. The summed E-state index contributed by atoms with van der Waals surface area (Å²) in [5, 5.41) is 3.45. The molecule has 1 atom stereocenters. The van der Waals surface area contributed by atoms with Crippen molar-refractivity contribution in [1.29, 1.82) is 0 Å². The molecule has 4 heteroatoms. The number of nitrogens with one attached hydrogen (secondary N) is 1. The Morgan fingerprint density at radius 1 is 1.12 bits per heavy atom. The number of fused-ring (bicyclic) bond motifs is 3. The van der Waals surface area contributed by atoms with E-state index >= 15 is 0 Å². The SMILES string of the molecule is CCc1ccc([C@H]2C3=C(CCCC3=O)Nc3nc4ccccc4n32)cc1. The van der Waals surface area contributed by atoms with E-state index in [1.54, 1.807) is 0 Å². The average molecular weight is 343 g/mol. The number of hydrogen-bond acceptors (Lipinski definition) is 3. The average Bonchev–Trinajstić information content (AvgIpc) is 3.05. The Morgan fingerprint density at radius 3 is 2.73 bits per heavy atom. The van der Waals surface area contributed by atoms with Gasteiger partial charge in [-0.05, 0) is 42.5 Å². The van der Waals surface area contributed by atoms with Gasteiger partial charge in [0, 0.05) is 17.7 Å². The zero-order valence-electron chi connectivity index (χ0n) is 14.8. The Kier molecular flexibility index (Phi) is 3.45. The van der Waals surface area contributed by atoms with Gasteiger partial charge < -0.3 is 5.32 Å². The minimum atomic E-state index is -0.104. The van der Waals surface area contributed by atoms with E-state index in [-0.39, 0.29) is 11.8 Å². The molecule has 0 bridgehead atoms. The van der Waals surface area contributed by atoms with Gasteiger partial charge in [-0.3, -0.25) is 9.36 Å². The molecule has 0 saturated heterocycles. The summed E-state index contributed by atoms with van der Waals surface area (Å²) < 4.78 is 2.19. The van der Waals surface area contributed by atoms with Crippen LogP contribution in [0, 0.1) is 0 Å². The molecule has 0 fully saturated rings. The molecule has 26 heavy (non-hydrogen) atoms. The van der Waals surface area contributed by atoms with Crippen LogP contribution in [0.25, 0.3) is 11.0 Å². The van der Waals surface area contributed by atoms with Crippen LogP contribution in [0.3, 0.4) is 0 Å². The summed E-state index contributed by atoms with van der Waals surface area (Å²) in [6.45, 7) is 2.16. The van der Waals surface area contributed by atoms with Crippen LogP contribution in [0.5, 0.6) is 0 Å². The molecule has 0 unspecified atom stereocenters. The fourth-order valence-electron chi connectivity index (χ4n) is 4.22. The van der Waals surface area contributed by atoms with Crippen molar-refractivity contribution >= 4 is 22.8 Å². The van der Waals surface area contributed by atoms with Gasteiger partial charge >= 0.3 is 0 Å². The standard InChI is InChI=1S/C22H21N3O/c1-2-14-10-12-15(13-11-14)21-20-17(7-5-9-19(20)26)24-22-23-16-6-3-4-8-18(16)25(21)22/h3-4,6,8,10-13,21H,2,5,7,9H2,1H3,(H,23,24)/t21-/m0/s1. The van der Waals surface area contributed by atoms with Crippen molar-refractivity contribution in [2.45, 2.75) is 38.6 Å². The van der Waals surface area contributed by atoms with E-state index in [9.17, 15) is 4.79 Å². The lowest BCUT2D eigenvalue weighted by Gasteiger charge is -2.34. The molecule has 0 saturated carbocycles. The molecular weight excluding hydrogens is 322 g/mol. The second-order valence-corrected chi connectivity index (χ2v) is 7.09. The van der Waals surface area contributed by atoms with Crippen LogP contribution in [0.4, 0.5) is 5.95 Å². The van der Waals surface area contributed by atoms with Gasteiger partial charge in [0.1, 0.15) is 0 Å². The van der Waals surface area contributed by atoms with Crippen molar-refractivity contribution < 1.29 is 4.79 Å². The van der Waals surface area contributed by atoms with Gasteiger partial charge in [0.25, 0.3) is 0 Å². The number of rotatable bonds is 2. The summed E-state index contributed by atoms with van der Waals surface area (Å²) in [4.78, 5) is 17.7. The molecule has 3 aromatic rings. The van der Waals surface area contributed by atoms with Crippen molar-refractivity contribution in [3.05, 3.63) is 70.9 Å². The van der Waals surface area contributed by atoms with Crippen LogP contribution in [0.2, 0.25) is 0 Å². The number of carbonyl (C=O) groups excluding carboxylic acids is 1. The number of carbonyl (C=O) groups is 1. The van der Waals surface area contributed by atoms with Gasteiger partial charge in [-0.15, -0.1) is 0 Å². The third-order valence-electron chi connectivity index (χ3n) is 5.55. The summed E-state index contributed by atoms with van der Waals surface area (Å²) >= 11 is 0. The van der Waals surface area contributed by atoms with E-state index < -0.39 is 0 Å². The van der Waals surface area contributed by atoms with Gasteiger partial charge in [0.05, 0.1) is 17.1 Å². The predicted molar refractivity (Wildman–Crippen MR) is 103 cm³/mol. The number of imidazole rings is 1. The summed E-state index contributed by atoms with van der Waals surface area (Å²) in [5.74, 6) is 1.09. The van der Waals surface area contributed by atoms with Gasteiger partial charge in [-0.1, -0.05) is 43.3 Å². The zero-order valence-corrected chi connectivity index (χ0v) is 14.8. The highest BCUT2D eigenvalue weighted by Crippen LogP contribution is 2.42. The number of aryl methyl sites for hydroxylation is 1. The first-order valence-electron chi connectivity index (χ1n) is 9.35. The molecule has 0 spiro atoms. The highest BCUT2D eigenvalue weighted by atomic mass is 16.1. The van der Waals surface area contributed by atoms with E-state index in [2.05, 4.69) is 47.1 Å². The molecular formula is C22H21N3O. The number of nitrogens with zero attached hydrogens (tertiary/aromatic N) is 2. The smallest absolute Gasteiger partial charge is 0.209 e. The van der Waals surface area contributed by atoms with Gasteiger partial charge in [-0.2, -0.15) is 0 Å². The minimum Gasteiger partial charge on any atom is -0.329 e. The van der Waals surface area contributed by atoms with E-state index in [1.165, 1.54) is 5.56 Å². The molecule has 2 aliphatic rings. The van der Waals surface area contributed by atoms with E-state index in [0.29, 0.717) is 6.42 Å². The molecule has 2 heterocycles. The minimum absolute atomic E-state index is 0.104. The first kappa shape index (κ1) is 15.4. The van der Waals surface area contributed by atoms with E-state index in [4.69, 9.17) is 4.98 Å². The number of benzene rings is 2. The second kappa shape index (κ2) is 5.84. The van der Waals surface area contributed by atoms with Crippen molar-refractivity contribution in [2.24, 2.45) is 0 Å². The van der Waals surface area contributed by atoms with Crippen molar-refractivity contribution in [1.82, 2.24) is 9.55 Å². The van der Waals surface area contributed by atoms with Crippen LogP contribution >= 0.6 is 0 Å². The Balaban J connectivity index is 1.77. The molecule has 1 N–H and O–H groups in total. The van der Waals surface area contributed by atoms with Gasteiger partial charge in [-0.25, -0.2) is 4.98 Å². The van der Waals surface area contributed by atoms with Gasteiger partial charge in [0.15, 0.2) is 5.78 Å². The first-order valence-corrected chi connectivity index (χ1v) is 9.35. The molecule has 130 valence electrons. The molecule has 0 amide bonds. The summed E-state index contributed by atoms with van der Waals surface area (Å²) in [5.41, 5.74) is 6.44. The largest absolute Gasteiger partial charge is 0.329 e. The third-order valence-corrected chi connectivity index (χ3v) is 5.55. The topological polar surface area (TPSA) is 46.9 Å². The number of Topliss-reactive ketones (excluding diaryl/α,β-unsaturated/α-hetero) is 1. The fourth-order valence-corrected chi connectivity index (χ4v) is 4.22. The lowest BCUT2D eigenvalue weighted by atomic mass is 9.85. The lowest BCUT2D eigenvalue weighted by Crippen LogP contribution is -2.30. The Hall–Kier alpha value is -2.88. The predicted octanol–water partition coefficient (Wildman–Crippen LogP) is 4.62. The normalized spacial score (nSPS) is 19.3. The van der Waals surface area contributed by atoms with E-state index in [1.807, 2.05) is 18.2 Å². The van der Waals surface area contributed by atoms with Crippen LogP contribution in [0.15, 0.2) is 59.8 Å². The van der Waals surface area contributed by atoms with E-state index in [0.717, 1.165) is 53.1 Å². The maximum absolute atomic E-state index is 12.9. The number of ketones is 1. The lowest BCUT2D eigenvalue weighted by molar-refractivity contribution is -0.116. The number of aromatic nitrogens is 2. The van der Waals surface area contributed by atoms with Crippen molar-refractivity contribution in [3.8, 4) is 0 Å². The quantitative estimate of drug-likeness (QED) is 0.738. The molecule has 1 aromatic heterocycles. The maximum atomic E-state index is 12.9. The highest BCUT2D eigenvalue weighted by Gasteiger charge is 2.36. The molecule has 4 nitrogen and oxygen atoms in total. The third kappa shape index (κ3) is 2.22. The first-order chi connectivity index (χ1) is 12.8. The van der Waals surface area contributed by atoms with Crippen LogP contribution in [-0.4, -0.2) is 15.3 Å². The molecule has 1 aliphatic heterocycles. The van der Waals surface area contributed by atoms with Gasteiger partial charge in [0.2, 0.25) is 5.95 Å². The monoisotopic (exact) mass is 343 g/mol. The number of allylic oxidation sites excluding steroid dienone is 2. The molecule has 5 rings (SSSR count). The number of para-hydroxylation sites is 2. The zero-order chi connectivity index (χ0) is 17.7. The van der Waals surface area contributed by atoms with Crippen LogP contribution in [-0.2, 0) is 11.2 Å². The summed E-state index contributed by atoms with van der Waals surface area (Å²) in [6.07, 6.45) is 3.46. The summed E-state index contributed by atoms with van der Waals surface area (Å²) in [6, 6.07) is 16.7. The fraction of sp³-hybridized carbons (Fsp3) is 0.273. The Labute approximate surface area is 152 Å². The highest BCUT2D eigenvalue weighted by molar-refractivity contribution is 6.00. The molecule has 2 aromatic carbocycles. The molecule has 0 radical (unpaired) electrons. The maximum Gasteiger partial charge on any atom is 0.209 e.